The minimum Gasteiger partial charge on any atom is -0.309 e. The third-order valence-electron chi connectivity index (χ3n) is 2.91. The number of thiophene rings is 1. The van der Waals surface area contributed by atoms with E-state index in [1.165, 1.54) is 23.5 Å². The number of hydrogen-bond acceptors (Lipinski definition) is 2. The van der Waals surface area contributed by atoms with Crippen LogP contribution in [-0.2, 0) is 6.18 Å². The van der Waals surface area contributed by atoms with E-state index in [-0.39, 0.29) is 10.5 Å². The predicted molar refractivity (Wildman–Crippen MR) is 89.8 cm³/mol. The molecule has 1 N–H and O–H groups in total. The van der Waals surface area contributed by atoms with Gasteiger partial charge >= 0.3 is 6.18 Å². The molecular weight excluding hydrogens is 499 g/mol. The average Bonchev–Trinajstić information content (AvgIpc) is 2.70. The maximum absolute atomic E-state index is 13.0. The van der Waals surface area contributed by atoms with Crippen LogP contribution < -0.4 is 5.32 Å². The molecule has 8 heteroatoms. The fourth-order valence-electron chi connectivity index (χ4n) is 1.99. The molecule has 0 spiro atoms. The molecule has 1 heterocycles. The van der Waals surface area contributed by atoms with E-state index >= 15 is 0 Å². The van der Waals surface area contributed by atoms with Gasteiger partial charge in [0.1, 0.15) is 0 Å². The Morgan fingerprint density at radius 2 is 1.81 bits per heavy atom. The van der Waals surface area contributed by atoms with Crippen molar-refractivity contribution in [2.75, 3.05) is 7.05 Å². The van der Waals surface area contributed by atoms with E-state index < -0.39 is 11.7 Å². The summed E-state index contributed by atoms with van der Waals surface area (Å²) >= 11 is 11.3. The molecule has 1 unspecified atom stereocenters. The van der Waals surface area contributed by atoms with E-state index in [4.69, 9.17) is 0 Å². The molecule has 1 aromatic carbocycles. The van der Waals surface area contributed by atoms with Crippen molar-refractivity contribution in [3.05, 3.63) is 53.0 Å². The molecule has 0 aliphatic rings. The molecule has 0 saturated heterocycles. The van der Waals surface area contributed by atoms with Gasteiger partial charge in [0.15, 0.2) is 0 Å². The quantitative estimate of drug-likeness (QED) is 0.509. The summed E-state index contributed by atoms with van der Waals surface area (Å²) in [5.74, 6) is 0. The Kier molecular flexibility index (Phi) is 5.57. The lowest BCUT2D eigenvalue weighted by Gasteiger charge is -2.19. The first-order valence-corrected chi connectivity index (χ1v) is 8.92. The molecule has 0 fully saturated rings. The van der Waals surface area contributed by atoms with Gasteiger partial charge in [-0.1, -0.05) is 22.0 Å². The Hall–Kier alpha value is 0.110. The van der Waals surface area contributed by atoms with E-state index in [2.05, 4.69) is 53.1 Å². The molecule has 1 atom stereocenters. The molecule has 0 aliphatic heterocycles. The zero-order valence-electron chi connectivity index (χ0n) is 10.6. The van der Waals surface area contributed by atoms with Crippen LogP contribution >= 0.6 is 59.1 Å². The summed E-state index contributed by atoms with van der Waals surface area (Å²) in [4.78, 5) is 0. The van der Waals surface area contributed by atoms with Gasteiger partial charge in [0.25, 0.3) is 0 Å². The highest BCUT2D eigenvalue weighted by Crippen LogP contribution is 2.40. The normalized spacial score (nSPS) is 13.5. The minimum absolute atomic E-state index is 0.0409. The van der Waals surface area contributed by atoms with Crippen LogP contribution in [0.3, 0.4) is 0 Å². The Morgan fingerprint density at radius 3 is 2.29 bits per heavy atom. The Labute approximate surface area is 149 Å². The summed E-state index contributed by atoms with van der Waals surface area (Å²) in [6.45, 7) is 0. The molecule has 21 heavy (non-hydrogen) atoms. The summed E-state index contributed by atoms with van der Waals surface area (Å²) in [7, 11) is 1.72. The van der Waals surface area contributed by atoms with E-state index in [1.54, 1.807) is 13.1 Å². The van der Waals surface area contributed by atoms with Crippen LogP contribution in [0.4, 0.5) is 13.2 Å². The maximum atomic E-state index is 13.0. The van der Waals surface area contributed by atoms with Gasteiger partial charge in [-0.2, -0.15) is 13.2 Å². The second kappa shape index (κ2) is 6.70. The summed E-state index contributed by atoms with van der Waals surface area (Å²) < 4.78 is 40.9. The fraction of sp³-hybridized carbons (Fsp3) is 0.231. The first-order valence-electron chi connectivity index (χ1n) is 5.72. The molecule has 1 aromatic heterocycles. The summed E-state index contributed by atoms with van der Waals surface area (Å²) in [5.41, 5.74) is 0.773. The first-order chi connectivity index (χ1) is 9.74. The van der Waals surface area contributed by atoms with Crippen LogP contribution in [0, 0.1) is 0 Å². The molecule has 0 aliphatic carbocycles. The lowest BCUT2D eigenvalue weighted by Crippen LogP contribution is -2.18. The standard InChI is InChI=1S/C13H9Br3F3NS/c1-20-11(7-5-10(15)21-12(7)16)6-2-3-9(14)8(4-6)13(17,18)19/h2-5,11,20H,1H3. The molecule has 2 aromatic rings. The highest BCUT2D eigenvalue weighted by Gasteiger charge is 2.34. The van der Waals surface area contributed by atoms with Crippen LogP contribution in [-0.4, -0.2) is 7.05 Å². The second-order valence-corrected chi connectivity index (χ2v) is 8.84. The van der Waals surface area contributed by atoms with Crippen LogP contribution in [0.5, 0.6) is 0 Å². The number of nitrogens with one attached hydrogen (secondary N) is 1. The van der Waals surface area contributed by atoms with Crippen molar-refractivity contribution < 1.29 is 13.2 Å². The Balaban J connectivity index is 2.51. The monoisotopic (exact) mass is 505 g/mol. The second-order valence-electron chi connectivity index (χ2n) is 4.24. The van der Waals surface area contributed by atoms with Gasteiger partial charge in [0.2, 0.25) is 0 Å². The van der Waals surface area contributed by atoms with Gasteiger partial charge in [-0.05, 0) is 68.2 Å². The number of rotatable bonds is 3. The fourth-order valence-corrected chi connectivity index (χ4v) is 5.36. The SMILES string of the molecule is CNC(c1ccc(Br)c(C(F)(F)F)c1)c1cc(Br)sc1Br. The largest absolute Gasteiger partial charge is 0.417 e. The van der Waals surface area contributed by atoms with Crippen molar-refractivity contribution in [3.8, 4) is 0 Å². The summed E-state index contributed by atoms with van der Waals surface area (Å²) in [6, 6.07) is 5.85. The molecule has 2 rings (SSSR count). The topological polar surface area (TPSA) is 12.0 Å². The molecule has 0 bridgehead atoms. The molecule has 0 saturated carbocycles. The van der Waals surface area contributed by atoms with Crippen LogP contribution in [0.15, 0.2) is 36.3 Å². The van der Waals surface area contributed by atoms with Crippen molar-refractivity contribution in [1.82, 2.24) is 5.32 Å². The Bertz CT molecular complexity index is 655. The third-order valence-corrected chi connectivity index (χ3v) is 5.99. The molecular formula is C13H9Br3F3NS. The van der Waals surface area contributed by atoms with Crippen molar-refractivity contribution >= 4 is 59.1 Å². The van der Waals surface area contributed by atoms with Crippen molar-refractivity contribution in [3.63, 3.8) is 0 Å². The first kappa shape index (κ1) is 17.5. The summed E-state index contributed by atoms with van der Waals surface area (Å²) in [6.07, 6.45) is -4.39. The smallest absolute Gasteiger partial charge is 0.309 e. The lowest BCUT2D eigenvalue weighted by atomic mass is 9.99. The zero-order chi connectivity index (χ0) is 15.8. The van der Waals surface area contributed by atoms with Gasteiger partial charge in [-0.25, -0.2) is 0 Å². The number of halogens is 6. The average molecular weight is 508 g/mol. The van der Waals surface area contributed by atoms with Gasteiger partial charge in [-0.3, -0.25) is 0 Å². The van der Waals surface area contributed by atoms with Crippen LogP contribution in [0.2, 0.25) is 0 Å². The maximum Gasteiger partial charge on any atom is 0.417 e. The van der Waals surface area contributed by atoms with E-state index in [0.717, 1.165) is 13.1 Å². The number of hydrogen-bond donors (Lipinski definition) is 1. The minimum atomic E-state index is -4.39. The van der Waals surface area contributed by atoms with Crippen LogP contribution in [0.25, 0.3) is 0 Å². The highest BCUT2D eigenvalue weighted by molar-refractivity contribution is 9.12. The zero-order valence-corrected chi connectivity index (χ0v) is 16.1. The molecule has 0 amide bonds. The lowest BCUT2D eigenvalue weighted by molar-refractivity contribution is -0.138. The van der Waals surface area contributed by atoms with Gasteiger partial charge < -0.3 is 5.32 Å². The van der Waals surface area contributed by atoms with Crippen LogP contribution in [0.1, 0.15) is 22.7 Å². The van der Waals surface area contributed by atoms with E-state index in [1.807, 2.05) is 6.07 Å². The van der Waals surface area contributed by atoms with Crippen molar-refractivity contribution in [1.29, 1.82) is 0 Å². The third kappa shape index (κ3) is 3.90. The molecule has 1 nitrogen and oxygen atoms in total. The van der Waals surface area contributed by atoms with Gasteiger partial charge in [-0.15, -0.1) is 11.3 Å². The van der Waals surface area contributed by atoms with Crippen molar-refractivity contribution in [2.24, 2.45) is 0 Å². The van der Waals surface area contributed by atoms with Gasteiger partial charge in [0.05, 0.1) is 19.2 Å². The van der Waals surface area contributed by atoms with E-state index in [9.17, 15) is 13.2 Å². The van der Waals surface area contributed by atoms with Gasteiger partial charge in [0, 0.05) is 4.47 Å². The predicted octanol–water partition coefficient (Wildman–Crippen LogP) is 6.36. The number of benzene rings is 1. The Morgan fingerprint density at radius 1 is 1.14 bits per heavy atom. The molecule has 114 valence electrons. The number of alkyl halides is 3. The van der Waals surface area contributed by atoms with E-state index in [0.29, 0.717) is 5.56 Å². The van der Waals surface area contributed by atoms with Crippen molar-refractivity contribution in [2.45, 2.75) is 12.2 Å². The molecule has 0 radical (unpaired) electrons. The summed E-state index contributed by atoms with van der Waals surface area (Å²) in [5, 5.41) is 3.06. The highest BCUT2D eigenvalue weighted by atomic mass is 79.9.